The first kappa shape index (κ1) is 22.2. The van der Waals surface area contributed by atoms with Gasteiger partial charge in [0.05, 0.1) is 6.61 Å². The van der Waals surface area contributed by atoms with Crippen molar-refractivity contribution in [3.8, 4) is 0 Å². The first-order valence-corrected chi connectivity index (χ1v) is 8.80. The van der Waals surface area contributed by atoms with Crippen LogP contribution < -0.4 is 10.6 Å². The Hall–Kier alpha value is -3.10. The van der Waals surface area contributed by atoms with Gasteiger partial charge in [0, 0.05) is 6.54 Å². The van der Waals surface area contributed by atoms with Gasteiger partial charge in [0.2, 0.25) is 0 Å². The van der Waals surface area contributed by atoms with E-state index in [-0.39, 0.29) is 13.2 Å². The molecule has 1 atom stereocenters. The van der Waals surface area contributed by atoms with E-state index in [0.717, 1.165) is 29.8 Å². The number of urea groups is 1. The van der Waals surface area contributed by atoms with Gasteiger partial charge >= 0.3 is 18.2 Å². The Morgan fingerprint density at radius 2 is 1.62 bits per heavy atom. The van der Waals surface area contributed by atoms with Gasteiger partial charge in [-0.15, -0.1) is 0 Å². The topological polar surface area (TPSA) is 67.4 Å². The summed E-state index contributed by atoms with van der Waals surface area (Å²) in [6, 6.07) is 10.9. The second-order valence-corrected chi connectivity index (χ2v) is 6.09. The highest BCUT2D eigenvalue weighted by molar-refractivity contribution is 5.89. The fraction of sp³-hybridized carbons (Fsp3) is 0.300. The third-order valence-corrected chi connectivity index (χ3v) is 4.13. The summed E-state index contributed by atoms with van der Waals surface area (Å²) in [4.78, 5) is 24.6. The highest BCUT2D eigenvalue weighted by Gasteiger charge is 2.64. The molecule has 9 heteroatoms. The van der Waals surface area contributed by atoms with Gasteiger partial charge in [0.1, 0.15) is 5.82 Å². The number of hydrogen-bond acceptors (Lipinski definition) is 3. The third-order valence-electron chi connectivity index (χ3n) is 4.13. The quantitative estimate of drug-likeness (QED) is 0.539. The fourth-order valence-electron chi connectivity index (χ4n) is 2.71. The highest BCUT2D eigenvalue weighted by atomic mass is 19.4. The lowest BCUT2D eigenvalue weighted by Gasteiger charge is -2.34. The number of esters is 1. The molecule has 0 radical (unpaired) electrons. The lowest BCUT2D eigenvalue weighted by molar-refractivity contribution is -0.214. The Kier molecular flexibility index (Phi) is 7.19. The molecule has 2 aromatic carbocycles. The highest BCUT2D eigenvalue weighted by Crippen LogP contribution is 2.40. The van der Waals surface area contributed by atoms with Gasteiger partial charge in [-0.3, -0.25) is 0 Å². The van der Waals surface area contributed by atoms with Crippen LogP contribution in [0, 0.1) is 5.82 Å². The molecule has 156 valence electrons. The summed E-state index contributed by atoms with van der Waals surface area (Å²) in [6.07, 6.45) is -4.86. The van der Waals surface area contributed by atoms with Crippen molar-refractivity contribution in [2.45, 2.75) is 25.1 Å². The Bertz CT molecular complexity index is 826. The van der Waals surface area contributed by atoms with Crippen molar-refractivity contribution in [2.75, 3.05) is 13.2 Å². The molecule has 0 fully saturated rings. The summed E-state index contributed by atoms with van der Waals surface area (Å²) < 4.78 is 59.9. The molecular weight excluding hydrogens is 392 g/mol. The number of benzene rings is 2. The molecule has 0 saturated carbocycles. The van der Waals surface area contributed by atoms with Gasteiger partial charge in [-0.25, -0.2) is 14.0 Å². The Balaban J connectivity index is 2.27. The minimum absolute atomic E-state index is 0.0377. The molecule has 5 nitrogen and oxygen atoms in total. The van der Waals surface area contributed by atoms with Crippen LogP contribution in [0.2, 0.25) is 0 Å². The Labute approximate surface area is 165 Å². The second-order valence-electron chi connectivity index (χ2n) is 6.09. The van der Waals surface area contributed by atoms with Crippen LogP contribution in [0.1, 0.15) is 18.1 Å². The fourth-order valence-corrected chi connectivity index (χ4v) is 2.71. The van der Waals surface area contributed by atoms with E-state index in [4.69, 9.17) is 0 Å². The number of carbonyl (C=O) groups is 2. The summed E-state index contributed by atoms with van der Waals surface area (Å²) in [7, 11) is 0. The summed E-state index contributed by atoms with van der Waals surface area (Å²) >= 11 is 0. The summed E-state index contributed by atoms with van der Waals surface area (Å²) in [5.41, 5.74) is -3.27. The first-order chi connectivity index (χ1) is 13.7. The second kappa shape index (κ2) is 9.40. The van der Waals surface area contributed by atoms with E-state index >= 15 is 0 Å². The Morgan fingerprint density at radius 3 is 2.17 bits per heavy atom. The van der Waals surface area contributed by atoms with Crippen LogP contribution in [0.15, 0.2) is 54.6 Å². The lowest BCUT2D eigenvalue weighted by Crippen LogP contribution is -2.63. The van der Waals surface area contributed by atoms with Crippen LogP contribution >= 0.6 is 0 Å². The van der Waals surface area contributed by atoms with Gasteiger partial charge < -0.3 is 15.4 Å². The SMILES string of the molecule is CCOC(=O)C(NC(=O)NCCc1ccccc1)(c1ccc(F)cc1)C(F)(F)F. The van der Waals surface area contributed by atoms with E-state index in [9.17, 15) is 27.2 Å². The average molecular weight is 412 g/mol. The zero-order chi connectivity index (χ0) is 21.5. The number of rotatable bonds is 7. The van der Waals surface area contributed by atoms with E-state index in [1.165, 1.54) is 6.92 Å². The maximum Gasteiger partial charge on any atom is 0.426 e. The average Bonchev–Trinajstić information content (AvgIpc) is 2.67. The summed E-state index contributed by atoms with van der Waals surface area (Å²) in [6.45, 7) is 1.04. The van der Waals surface area contributed by atoms with Gasteiger partial charge in [-0.1, -0.05) is 42.5 Å². The number of carbonyl (C=O) groups excluding carboxylic acids is 2. The van der Waals surface area contributed by atoms with Crippen molar-refractivity contribution >= 4 is 12.0 Å². The predicted octanol–water partition coefficient (Wildman–Crippen LogP) is 3.69. The monoisotopic (exact) mass is 412 g/mol. The van der Waals surface area contributed by atoms with E-state index in [0.29, 0.717) is 6.42 Å². The van der Waals surface area contributed by atoms with Crippen molar-refractivity contribution in [3.63, 3.8) is 0 Å². The molecule has 29 heavy (non-hydrogen) atoms. The first-order valence-electron chi connectivity index (χ1n) is 8.80. The third kappa shape index (κ3) is 5.24. The molecule has 2 amide bonds. The number of halogens is 4. The van der Waals surface area contributed by atoms with Gasteiger partial charge in [-0.2, -0.15) is 13.2 Å². The zero-order valence-corrected chi connectivity index (χ0v) is 15.6. The molecule has 1 unspecified atom stereocenters. The molecule has 0 bridgehead atoms. The van der Waals surface area contributed by atoms with Crippen LogP contribution in [0.3, 0.4) is 0 Å². The van der Waals surface area contributed by atoms with E-state index in [1.807, 2.05) is 6.07 Å². The molecule has 2 rings (SSSR count). The molecule has 0 aliphatic carbocycles. The smallest absolute Gasteiger partial charge is 0.426 e. The van der Waals surface area contributed by atoms with Crippen LogP contribution in [0.4, 0.5) is 22.4 Å². The molecule has 0 aliphatic rings. The van der Waals surface area contributed by atoms with Crippen LogP contribution in [0.5, 0.6) is 0 Å². The molecule has 0 heterocycles. The van der Waals surface area contributed by atoms with E-state index < -0.39 is 35.1 Å². The minimum atomic E-state index is -5.24. The normalized spacial score (nSPS) is 13.3. The molecule has 0 spiro atoms. The van der Waals surface area contributed by atoms with E-state index in [2.05, 4.69) is 10.1 Å². The van der Waals surface area contributed by atoms with E-state index in [1.54, 1.807) is 29.6 Å². The summed E-state index contributed by atoms with van der Waals surface area (Å²) in [5.74, 6) is -2.50. The minimum Gasteiger partial charge on any atom is -0.464 e. The number of alkyl halides is 3. The van der Waals surface area contributed by atoms with Crippen molar-refractivity contribution < 1.29 is 31.9 Å². The summed E-state index contributed by atoms with van der Waals surface area (Å²) in [5, 5.41) is 4.01. The molecule has 2 aromatic rings. The molecule has 2 N–H and O–H groups in total. The Morgan fingerprint density at radius 1 is 1.00 bits per heavy atom. The molecule has 0 saturated heterocycles. The van der Waals surface area contributed by atoms with Crippen LogP contribution in [0.25, 0.3) is 0 Å². The number of nitrogens with one attached hydrogen (secondary N) is 2. The molecule has 0 aromatic heterocycles. The van der Waals surface area contributed by atoms with Crippen LogP contribution in [-0.4, -0.2) is 31.3 Å². The maximum absolute atomic E-state index is 14.0. The van der Waals surface area contributed by atoms with Crippen molar-refractivity contribution in [1.29, 1.82) is 0 Å². The van der Waals surface area contributed by atoms with Gasteiger partial charge in [0.15, 0.2) is 0 Å². The molecule has 0 aliphatic heterocycles. The maximum atomic E-state index is 14.0. The number of hydrogen-bond donors (Lipinski definition) is 2. The van der Waals surface area contributed by atoms with Crippen molar-refractivity contribution in [2.24, 2.45) is 0 Å². The van der Waals surface area contributed by atoms with Crippen molar-refractivity contribution in [1.82, 2.24) is 10.6 Å². The number of ether oxygens (including phenoxy) is 1. The van der Waals surface area contributed by atoms with Crippen LogP contribution in [-0.2, 0) is 21.5 Å². The lowest BCUT2D eigenvalue weighted by atomic mass is 9.89. The largest absolute Gasteiger partial charge is 0.464 e. The van der Waals surface area contributed by atoms with Crippen molar-refractivity contribution in [3.05, 3.63) is 71.5 Å². The standard InChI is InChI=1S/C20H20F4N2O3/c1-2-29-17(27)19(20(22,23)24,15-8-10-16(21)11-9-15)26-18(28)25-13-12-14-6-4-3-5-7-14/h3-11H,2,12-13H2,1H3,(H2,25,26,28). The van der Waals surface area contributed by atoms with Gasteiger partial charge in [-0.05, 0) is 36.6 Å². The zero-order valence-electron chi connectivity index (χ0n) is 15.6. The molecular formula is C20H20F4N2O3. The number of amides is 2. The predicted molar refractivity (Wildman–Crippen MR) is 97.4 cm³/mol. The van der Waals surface area contributed by atoms with Gasteiger partial charge in [0.25, 0.3) is 5.54 Å².